The van der Waals surface area contributed by atoms with Gasteiger partial charge in [0.2, 0.25) is 0 Å². The smallest absolute Gasteiger partial charge is 0.260 e. The largest absolute Gasteiger partial charge is 0.497 e. The number of hydrogen-bond acceptors (Lipinski definition) is 10. The highest BCUT2D eigenvalue weighted by Crippen LogP contribution is 2.56. The van der Waals surface area contributed by atoms with Crippen LogP contribution in [0.25, 0.3) is 10.8 Å². The Morgan fingerprint density at radius 3 is 2.05 bits per heavy atom. The van der Waals surface area contributed by atoms with E-state index in [0.29, 0.717) is 16.9 Å². The minimum absolute atomic E-state index is 0.00464. The van der Waals surface area contributed by atoms with Gasteiger partial charge in [0, 0.05) is 23.7 Å². The van der Waals surface area contributed by atoms with Crippen LogP contribution in [0, 0.1) is 11.3 Å². The van der Waals surface area contributed by atoms with E-state index in [0.717, 1.165) is 22.1 Å². The van der Waals surface area contributed by atoms with Crippen LogP contribution in [0.4, 0.5) is 0 Å². The van der Waals surface area contributed by atoms with Gasteiger partial charge < -0.3 is 32.7 Å². The Labute approximate surface area is 335 Å². The lowest BCUT2D eigenvalue weighted by atomic mass is 9.79. The van der Waals surface area contributed by atoms with E-state index in [1.54, 1.807) is 25.0 Å². The number of methoxy groups -OCH3 is 2. The lowest BCUT2D eigenvalue weighted by molar-refractivity contribution is -0.203. The molecule has 5 atom stereocenters. The zero-order valence-electron chi connectivity index (χ0n) is 33.2. The molecule has 5 aromatic rings. The molecule has 2 bridgehead atoms. The van der Waals surface area contributed by atoms with Crippen molar-refractivity contribution in [1.82, 2.24) is 9.24 Å². The summed E-state index contributed by atoms with van der Waals surface area (Å²) in [5, 5.41) is 10.8. The van der Waals surface area contributed by atoms with Gasteiger partial charge >= 0.3 is 0 Å². The van der Waals surface area contributed by atoms with Gasteiger partial charge in [-0.05, 0) is 86.2 Å². The maximum atomic E-state index is 14.1. The predicted octanol–water partition coefficient (Wildman–Crippen LogP) is 8.35. The Hall–Kier alpha value is -4.63. The average Bonchev–Trinajstić information content (AvgIpc) is 3.73. The summed E-state index contributed by atoms with van der Waals surface area (Å²) in [6, 6.07) is 37.5. The lowest BCUT2D eigenvalue weighted by Crippen LogP contribution is -2.49. The van der Waals surface area contributed by atoms with Gasteiger partial charge in [0.1, 0.15) is 34.9 Å². The molecule has 4 aromatic carbocycles. The minimum atomic E-state index is -1.72. The van der Waals surface area contributed by atoms with E-state index < -0.39 is 38.2 Å². The maximum Gasteiger partial charge on any atom is 0.260 e. The van der Waals surface area contributed by atoms with E-state index in [4.69, 9.17) is 32.7 Å². The van der Waals surface area contributed by atoms with Crippen molar-refractivity contribution < 1.29 is 32.7 Å². The summed E-state index contributed by atoms with van der Waals surface area (Å²) in [5.41, 5.74) is 0.0527. The molecule has 0 aliphatic carbocycles. The van der Waals surface area contributed by atoms with Crippen LogP contribution in [0.15, 0.2) is 120 Å². The molecule has 0 saturated carbocycles. The molecular formula is C45H50N3O8P. The normalized spacial score (nSPS) is 21.0. The van der Waals surface area contributed by atoms with Gasteiger partial charge in [0.15, 0.2) is 6.23 Å². The third-order valence-corrected chi connectivity index (χ3v) is 12.8. The molecule has 2 fully saturated rings. The molecule has 0 N–H and O–H groups in total. The summed E-state index contributed by atoms with van der Waals surface area (Å²) >= 11 is 0. The number of nitriles is 1. The van der Waals surface area contributed by atoms with E-state index in [-0.39, 0.29) is 43.9 Å². The summed E-state index contributed by atoms with van der Waals surface area (Å²) < 4.78 is 49.7. The third kappa shape index (κ3) is 7.84. The second-order valence-corrected chi connectivity index (χ2v) is 16.2. The fraction of sp³-hybridized carbons (Fsp3) is 0.378. The molecule has 298 valence electrons. The van der Waals surface area contributed by atoms with Gasteiger partial charge in [0.05, 0.1) is 46.5 Å². The summed E-state index contributed by atoms with van der Waals surface area (Å²) in [4.78, 5) is 14.1. The molecule has 3 heterocycles. The number of pyridine rings is 1. The van der Waals surface area contributed by atoms with Crippen molar-refractivity contribution in [1.29, 1.82) is 5.26 Å². The van der Waals surface area contributed by atoms with Gasteiger partial charge in [-0.1, -0.05) is 72.8 Å². The van der Waals surface area contributed by atoms with Crippen LogP contribution in [-0.2, 0) is 28.9 Å². The average molecular weight is 792 g/mol. The molecule has 0 amide bonds. The fourth-order valence-corrected chi connectivity index (χ4v) is 9.79. The van der Waals surface area contributed by atoms with Crippen LogP contribution >= 0.6 is 8.53 Å². The maximum absolute atomic E-state index is 14.1. The Kier molecular flexibility index (Phi) is 12.4. The zero-order valence-corrected chi connectivity index (χ0v) is 34.1. The molecule has 12 heteroatoms. The molecule has 2 aliphatic heterocycles. The number of ether oxygens (including phenoxy) is 5. The van der Waals surface area contributed by atoms with Crippen LogP contribution in [0.3, 0.4) is 0 Å². The van der Waals surface area contributed by atoms with Crippen molar-refractivity contribution >= 4 is 19.3 Å². The Morgan fingerprint density at radius 2 is 1.46 bits per heavy atom. The van der Waals surface area contributed by atoms with Crippen molar-refractivity contribution in [3.63, 3.8) is 0 Å². The Balaban J connectivity index is 1.36. The van der Waals surface area contributed by atoms with Gasteiger partial charge in [-0.15, -0.1) is 0 Å². The summed E-state index contributed by atoms with van der Waals surface area (Å²) in [6.07, 6.45) is -0.282. The van der Waals surface area contributed by atoms with E-state index in [1.807, 2.05) is 109 Å². The molecule has 7 rings (SSSR count). The van der Waals surface area contributed by atoms with E-state index >= 15 is 0 Å². The van der Waals surface area contributed by atoms with Crippen LogP contribution < -0.4 is 15.0 Å². The molecule has 57 heavy (non-hydrogen) atoms. The van der Waals surface area contributed by atoms with Crippen LogP contribution in [-0.4, -0.2) is 73.2 Å². The van der Waals surface area contributed by atoms with Gasteiger partial charge in [-0.25, -0.2) is 4.67 Å². The first kappa shape index (κ1) is 40.6. The van der Waals surface area contributed by atoms with Gasteiger partial charge in [-0.3, -0.25) is 9.36 Å². The molecular weight excluding hydrogens is 741 g/mol. The van der Waals surface area contributed by atoms with Crippen molar-refractivity contribution in [3.05, 3.63) is 142 Å². The quantitative estimate of drug-likeness (QED) is 0.0517. The van der Waals surface area contributed by atoms with Gasteiger partial charge in [-0.2, -0.15) is 5.26 Å². The Morgan fingerprint density at radius 1 is 0.860 bits per heavy atom. The molecule has 1 aromatic heterocycles. The second kappa shape index (κ2) is 17.5. The number of aromatic nitrogens is 1. The number of rotatable bonds is 17. The number of fused-ring (bicyclic) bond motifs is 3. The van der Waals surface area contributed by atoms with Crippen molar-refractivity contribution in [2.75, 3.05) is 34.0 Å². The second-order valence-electron chi connectivity index (χ2n) is 14.8. The molecule has 0 spiro atoms. The van der Waals surface area contributed by atoms with Gasteiger partial charge in [0.25, 0.3) is 14.1 Å². The fourth-order valence-electron chi connectivity index (χ4n) is 7.98. The zero-order chi connectivity index (χ0) is 40.2. The highest BCUT2D eigenvalue weighted by molar-refractivity contribution is 7.44. The SMILES string of the molecule is COc1ccc(C(OC[C@@]23CO[C@@H]([C@H](n4ccc5ccccc5c4=O)O2)[C@@H]3OP(OCCC#N)N(C(C)C)C(C)C)(c2ccccc2)c2ccc(OC)cc2)cc1. The third-order valence-electron chi connectivity index (χ3n) is 10.7. The van der Waals surface area contributed by atoms with E-state index in [9.17, 15) is 10.1 Å². The van der Waals surface area contributed by atoms with Crippen molar-refractivity contribution in [2.24, 2.45) is 0 Å². The highest BCUT2D eigenvalue weighted by atomic mass is 31.2. The number of hydrogen-bond donors (Lipinski definition) is 0. The van der Waals surface area contributed by atoms with Crippen LogP contribution in [0.5, 0.6) is 11.5 Å². The first-order valence-electron chi connectivity index (χ1n) is 19.3. The molecule has 2 aliphatic rings. The molecule has 0 radical (unpaired) electrons. The standard InChI is InChI=1S/C45H50N3O8P/c1-31(2)48(32(3)4)57(54-28-12-26-46)56-41-40-43(47-27-25-33-13-10-11-16-39(33)42(47)49)55-44(41,29-52-40)30-53-45(34-14-8-7-9-15-34,35-17-21-37(50-5)22-18-35)36-19-23-38(51-6)24-20-36/h7-11,13-25,27,31-32,40-41,43H,12,28-30H2,1-6H3/t40-,41+,43-,44-,57?/m1/s1. The summed E-state index contributed by atoms with van der Waals surface area (Å²) in [5.74, 6) is 1.42. The van der Waals surface area contributed by atoms with E-state index in [2.05, 4.69) is 38.4 Å². The monoisotopic (exact) mass is 791 g/mol. The van der Waals surface area contributed by atoms with Crippen LogP contribution in [0.1, 0.15) is 57.0 Å². The molecule has 2 saturated heterocycles. The first-order valence-corrected chi connectivity index (χ1v) is 20.4. The molecule has 11 nitrogen and oxygen atoms in total. The lowest BCUT2D eigenvalue weighted by Gasteiger charge is -2.41. The van der Waals surface area contributed by atoms with Crippen molar-refractivity contribution in [3.8, 4) is 17.6 Å². The molecule has 1 unspecified atom stereocenters. The summed E-state index contributed by atoms with van der Waals surface area (Å²) in [7, 11) is 1.56. The van der Waals surface area contributed by atoms with Crippen LogP contribution in [0.2, 0.25) is 0 Å². The number of benzene rings is 4. The minimum Gasteiger partial charge on any atom is -0.497 e. The number of nitrogens with zero attached hydrogens (tertiary/aromatic N) is 3. The summed E-state index contributed by atoms with van der Waals surface area (Å²) in [6.45, 7) is 8.72. The highest BCUT2D eigenvalue weighted by Gasteiger charge is 2.65. The topological polar surface area (TPSA) is 114 Å². The predicted molar refractivity (Wildman–Crippen MR) is 219 cm³/mol. The van der Waals surface area contributed by atoms with Crippen molar-refractivity contribution in [2.45, 2.75) is 75.8 Å². The van der Waals surface area contributed by atoms with E-state index in [1.165, 1.54) is 0 Å². The Bertz CT molecular complexity index is 2150. The first-order chi connectivity index (χ1) is 27.7.